The number of methoxy groups -OCH3 is 1. The molecular weight excluding hydrogens is 220 g/mol. The molecule has 0 unspecified atom stereocenters. The second kappa shape index (κ2) is 3.64. The summed E-state index contributed by atoms with van der Waals surface area (Å²) in [4.78, 5) is 5.37. The Morgan fingerprint density at radius 1 is 1.25 bits per heavy atom. The summed E-state index contributed by atoms with van der Waals surface area (Å²) < 4.78 is 7.23. The number of rotatable bonds is 2. The molecule has 0 radical (unpaired) electrons. The van der Waals surface area contributed by atoms with Crippen molar-refractivity contribution in [3.63, 3.8) is 0 Å². The van der Waals surface area contributed by atoms with Crippen molar-refractivity contribution in [2.45, 2.75) is 0 Å². The maximum absolute atomic E-state index is 5.14. The highest BCUT2D eigenvalue weighted by atomic mass is 32.1. The first-order valence-electron chi connectivity index (χ1n) is 4.93. The Morgan fingerprint density at radius 3 is 2.81 bits per heavy atom. The number of hydrogen-bond acceptors (Lipinski definition) is 3. The van der Waals surface area contributed by atoms with E-state index in [4.69, 9.17) is 4.74 Å². The molecule has 0 amide bonds. The number of hydrogen-bond donors (Lipinski definition) is 0. The van der Waals surface area contributed by atoms with Crippen LogP contribution < -0.4 is 4.74 Å². The summed E-state index contributed by atoms with van der Waals surface area (Å²) in [6.45, 7) is 0. The number of thiazole rings is 1. The number of fused-ring (bicyclic) bond motifs is 1. The molecule has 0 aliphatic heterocycles. The lowest BCUT2D eigenvalue weighted by atomic mass is 10.1. The molecule has 0 spiro atoms. The molecule has 0 saturated heterocycles. The quantitative estimate of drug-likeness (QED) is 0.676. The van der Waals surface area contributed by atoms with E-state index in [0.29, 0.717) is 0 Å². The molecule has 3 nitrogen and oxygen atoms in total. The lowest BCUT2D eigenvalue weighted by Crippen LogP contribution is -1.85. The van der Waals surface area contributed by atoms with E-state index >= 15 is 0 Å². The summed E-state index contributed by atoms with van der Waals surface area (Å²) in [5, 5.41) is 2.04. The van der Waals surface area contributed by atoms with Gasteiger partial charge in [-0.05, 0) is 24.3 Å². The zero-order chi connectivity index (χ0) is 11.0. The first kappa shape index (κ1) is 9.42. The molecule has 2 heterocycles. The summed E-state index contributed by atoms with van der Waals surface area (Å²) in [5.41, 5.74) is 2.26. The van der Waals surface area contributed by atoms with E-state index < -0.39 is 0 Å². The fourth-order valence-electron chi connectivity index (χ4n) is 1.70. The van der Waals surface area contributed by atoms with Gasteiger partial charge in [-0.2, -0.15) is 0 Å². The maximum atomic E-state index is 5.14. The summed E-state index contributed by atoms with van der Waals surface area (Å²) in [6, 6.07) is 8.00. The summed E-state index contributed by atoms with van der Waals surface area (Å²) in [6.07, 6.45) is 3.93. The molecule has 1 aromatic carbocycles. The lowest BCUT2D eigenvalue weighted by molar-refractivity contribution is 0.415. The number of ether oxygens (including phenoxy) is 1. The fourth-order valence-corrected chi connectivity index (χ4v) is 2.39. The fraction of sp³-hybridized carbons (Fsp3) is 0.0833. The third-order valence-corrected chi connectivity index (χ3v) is 3.30. The Hall–Kier alpha value is -1.81. The van der Waals surface area contributed by atoms with Gasteiger partial charge in [-0.25, -0.2) is 4.98 Å². The van der Waals surface area contributed by atoms with Crippen LogP contribution >= 0.6 is 11.3 Å². The van der Waals surface area contributed by atoms with E-state index in [1.54, 1.807) is 18.4 Å². The zero-order valence-electron chi connectivity index (χ0n) is 8.75. The van der Waals surface area contributed by atoms with Gasteiger partial charge in [0, 0.05) is 17.1 Å². The van der Waals surface area contributed by atoms with Gasteiger partial charge in [-0.3, -0.25) is 4.40 Å². The van der Waals surface area contributed by atoms with Crippen LogP contribution in [0.25, 0.3) is 16.2 Å². The van der Waals surface area contributed by atoms with Crippen molar-refractivity contribution in [3.05, 3.63) is 42.0 Å². The predicted molar refractivity (Wildman–Crippen MR) is 65.1 cm³/mol. The van der Waals surface area contributed by atoms with E-state index in [-0.39, 0.29) is 0 Å². The summed E-state index contributed by atoms with van der Waals surface area (Å²) in [7, 11) is 1.67. The van der Waals surface area contributed by atoms with Crippen molar-refractivity contribution in [2.75, 3.05) is 7.11 Å². The van der Waals surface area contributed by atoms with Gasteiger partial charge in [0.25, 0.3) is 0 Å². The summed E-state index contributed by atoms with van der Waals surface area (Å²) >= 11 is 1.64. The monoisotopic (exact) mass is 230 g/mol. The zero-order valence-corrected chi connectivity index (χ0v) is 9.57. The van der Waals surface area contributed by atoms with Crippen LogP contribution in [0.2, 0.25) is 0 Å². The first-order chi connectivity index (χ1) is 7.88. The minimum atomic E-state index is 0.870. The molecule has 3 aromatic rings. The van der Waals surface area contributed by atoms with Gasteiger partial charge in [-0.1, -0.05) is 0 Å². The molecular formula is C12H10N2OS. The van der Waals surface area contributed by atoms with Crippen molar-refractivity contribution in [1.82, 2.24) is 9.38 Å². The van der Waals surface area contributed by atoms with Crippen LogP contribution in [0.4, 0.5) is 0 Å². The molecule has 0 N–H and O–H groups in total. The molecule has 2 aromatic heterocycles. The van der Waals surface area contributed by atoms with E-state index in [1.807, 2.05) is 42.0 Å². The van der Waals surface area contributed by atoms with Crippen LogP contribution in [0, 0.1) is 0 Å². The standard InChI is InChI=1S/C12H10N2OS/c1-15-10-4-2-9(3-5-10)11-8-13-12-14(11)6-7-16-12/h2-8H,1H3. The highest BCUT2D eigenvalue weighted by Crippen LogP contribution is 2.24. The third kappa shape index (κ3) is 1.39. The number of aromatic nitrogens is 2. The molecule has 80 valence electrons. The van der Waals surface area contributed by atoms with Gasteiger partial charge in [-0.15, -0.1) is 11.3 Å². The average Bonchev–Trinajstić information content (AvgIpc) is 2.91. The summed E-state index contributed by atoms with van der Waals surface area (Å²) in [5.74, 6) is 0.870. The highest BCUT2D eigenvalue weighted by molar-refractivity contribution is 7.15. The van der Waals surface area contributed by atoms with Crippen LogP contribution in [-0.2, 0) is 0 Å². The van der Waals surface area contributed by atoms with E-state index in [2.05, 4.69) is 9.38 Å². The molecule has 16 heavy (non-hydrogen) atoms. The molecule has 0 bridgehead atoms. The molecule has 3 rings (SSSR count). The SMILES string of the molecule is COc1ccc(-c2cnc3sccn23)cc1. The Kier molecular flexibility index (Phi) is 2.15. The first-order valence-corrected chi connectivity index (χ1v) is 5.81. The van der Waals surface area contributed by atoms with Crippen LogP contribution in [0.5, 0.6) is 5.75 Å². The Labute approximate surface area is 96.9 Å². The van der Waals surface area contributed by atoms with Gasteiger partial charge < -0.3 is 4.74 Å². The van der Waals surface area contributed by atoms with Crippen molar-refractivity contribution in [2.24, 2.45) is 0 Å². The number of nitrogens with zero attached hydrogens (tertiary/aromatic N) is 2. The maximum Gasteiger partial charge on any atom is 0.194 e. The van der Waals surface area contributed by atoms with Crippen LogP contribution in [-0.4, -0.2) is 16.5 Å². The van der Waals surface area contributed by atoms with Crippen molar-refractivity contribution < 1.29 is 4.74 Å². The van der Waals surface area contributed by atoms with Crippen LogP contribution in [0.3, 0.4) is 0 Å². The number of benzene rings is 1. The minimum absolute atomic E-state index is 0.870. The molecule has 4 heteroatoms. The Bertz CT molecular complexity index is 609. The minimum Gasteiger partial charge on any atom is -0.497 e. The third-order valence-electron chi connectivity index (χ3n) is 2.53. The molecule has 0 aliphatic carbocycles. The molecule has 0 aliphatic rings. The van der Waals surface area contributed by atoms with E-state index in [0.717, 1.165) is 22.0 Å². The second-order valence-electron chi connectivity index (χ2n) is 3.43. The predicted octanol–water partition coefficient (Wildman–Crippen LogP) is 3.07. The Morgan fingerprint density at radius 2 is 2.06 bits per heavy atom. The van der Waals surface area contributed by atoms with Gasteiger partial charge in [0.15, 0.2) is 4.96 Å². The number of imidazole rings is 1. The van der Waals surface area contributed by atoms with Gasteiger partial charge in [0.1, 0.15) is 5.75 Å². The topological polar surface area (TPSA) is 26.5 Å². The molecule has 0 saturated carbocycles. The van der Waals surface area contributed by atoms with Crippen molar-refractivity contribution >= 4 is 16.3 Å². The van der Waals surface area contributed by atoms with E-state index in [1.165, 1.54) is 0 Å². The molecule has 0 fully saturated rings. The van der Waals surface area contributed by atoms with Gasteiger partial charge in [0.2, 0.25) is 0 Å². The smallest absolute Gasteiger partial charge is 0.194 e. The normalized spacial score (nSPS) is 10.8. The van der Waals surface area contributed by atoms with Gasteiger partial charge in [0.05, 0.1) is 19.0 Å². The van der Waals surface area contributed by atoms with Crippen molar-refractivity contribution in [1.29, 1.82) is 0 Å². The largest absolute Gasteiger partial charge is 0.497 e. The average molecular weight is 230 g/mol. The second-order valence-corrected chi connectivity index (χ2v) is 4.30. The van der Waals surface area contributed by atoms with E-state index in [9.17, 15) is 0 Å². The van der Waals surface area contributed by atoms with Crippen LogP contribution in [0.1, 0.15) is 0 Å². The Balaban J connectivity index is 2.12. The van der Waals surface area contributed by atoms with Crippen molar-refractivity contribution in [3.8, 4) is 17.0 Å². The lowest BCUT2D eigenvalue weighted by Gasteiger charge is -2.02. The highest BCUT2D eigenvalue weighted by Gasteiger charge is 2.06. The van der Waals surface area contributed by atoms with Gasteiger partial charge >= 0.3 is 0 Å². The molecule has 0 atom stereocenters. The van der Waals surface area contributed by atoms with Crippen LogP contribution in [0.15, 0.2) is 42.0 Å².